The fourth-order valence-corrected chi connectivity index (χ4v) is 2.75. The Morgan fingerprint density at radius 2 is 1.77 bits per heavy atom. The van der Waals surface area contributed by atoms with E-state index in [2.05, 4.69) is 33.9 Å². The number of aryl methyl sites for hydroxylation is 1. The number of unbranched alkanes of at least 4 members (excludes halogenated alkanes) is 1. The first-order chi connectivity index (χ1) is 16.7. The van der Waals surface area contributed by atoms with Gasteiger partial charge in [0.2, 0.25) is 0 Å². The number of amides is 1. The normalized spacial score (nSPS) is 10.7. The molecule has 3 aromatic rings. The summed E-state index contributed by atoms with van der Waals surface area (Å²) in [4.78, 5) is 26.4. The van der Waals surface area contributed by atoms with Gasteiger partial charge in [-0.2, -0.15) is 5.10 Å². The number of hydrogen-bond donors (Lipinski definition) is 1. The second-order valence-electron chi connectivity index (χ2n) is 8.05. The van der Waals surface area contributed by atoms with Gasteiger partial charge in [0, 0.05) is 31.7 Å². The molecule has 0 fully saturated rings. The van der Waals surface area contributed by atoms with E-state index < -0.39 is 5.91 Å². The van der Waals surface area contributed by atoms with Crippen LogP contribution in [0, 0.1) is 5.82 Å². The third kappa shape index (κ3) is 9.64. The summed E-state index contributed by atoms with van der Waals surface area (Å²) in [5, 5.41) is 3.83. The first-order valence-corrected chi connectivity index (χ1v) is 11.8. The lowest BCUT2D eigenvalue weighted by Gasteiger charge is -2.25. The van der Waals surface area contributed by atoms with Crippen LogP contribution in [0.3, 0.4) is 0 Å². The van der Waals surface area contributed by atoms with Gasteiger partial charge in [-0.15, -0.1) is 0 Å². The molecule has 0 aliphatic heterocycles. The van der Waals surface area contributed by atoms with Crippen molar-refractivity contribution in [2.24, 2.45) is 17.8 Å². The van der Waals surface area contributed by atoms with E-state index in [4.69, 9.17) is 5.73 Å². The van der Waals surface area contributed by atoms with E-state index in [1.807, 2.05) is 45.0 Å². The van der Waals surface area contributed by atoms with Crippen LogP contribution in [-0.4, -0.2) is 37.9 Å². The Kier molecular flexibility index (Phi) is 12.9. The van der Waals surface area contributed by atoms with Crippen molar-refractivity contribution in [3.63, 3.8) is 0 Å². The van der Waals surface area contributed by atoms with E-state index in [0.29, 0.717) is 23.7 Å². The van der Waals surface area contributed by atoms with Crippen molar-refractivity contribution in [2.75, 3.05) is 11.4 Å². The van der Waals surface area contributed by atoms with Crippen molar-refractivity contribution in [1.29, 1.82) is 0 Å². The van der Waals surface area contributed by atoms with Crippen molar-refractivity contribution in [2.45, 2.75) is 60.3 Å². The molecule has 9 heteroatoms. The number of nitrogens with two attached hydrogens (primary N) is 1. The highest BCUT2D eigenvalue weighted by molar-refractivity contribution is 6.37. The summed E-state index contributed by atoms with van der Waals surface area (Å²) in [6.45, 7) is 12.4. The first-order valence-electron chi connectivity index (χ1n) is 11.8. The number of carbonyl (C=O) groups is 1. The minimum absolute atomic E-state index is 0.0769. The fourth-order valence-electron chi connectivity index (χ4n) is 2.75. The number of hydrogen-bond acceptors (Lipinski definition) is 6. The zero-order valence-corrected chi connectivity index (χ0v) is 21.9. The largest absolute Gasteiger partial charge is 0.365 e. The molecule has 0 spiro atoms. The highest BCUT2D eigenvalue weighted by Crippen LogP contribution is 2.36. The molecule has 8 nitrogen and oxygen atoms in total. The number of rotatable bonds is 7. The van der Waals surface area contributed by atoms with Crippen molar-refractivity contribution < 1.29 is 9.18 Å². The third-order valence-electron chi connectivity index (χ3n) is 4.86. The molecule has 1 amide bonds. The van der Waals surface area contributed by atoms with E-state index in [0.717, 1.165) is 5.69 Å². The van der Waals surface area contributed by atoms with Crippen LogP contribution in [0.1, 0.15) is 66.0 Å². The van der Waals surface area contributed by atoms with Gasteiger partial charge in [0.25, 0.3) is 5.91 Å². The van der Waals surface area contributed by atoms with Crippen molar-refractivity contribution >= 4 is 28.8 Å². The summed E-state index contributed by atoms with van der Waals surface area (Å²) in [6.07, 6.45) is 7.75. The Balaban J connectivity index is 0.000000508. The second kappa shape index (κ2) is 15.3. The van der Waals surface area contributed by atoms with Crippen LogP contribution < -0.4 is 10.6 Å². The van der Waals surface area contributed by atoms with Crippen LogP contribution >= 0.6 is 0 Å². The van der Waals surface area contributed by atoms with Crippen molar-refractivity contribution in [1.82, 2.24) is 19.7 Å². The molecule has 0 saturated heterocycles. The molecule has 0 unspecified atom stereocenters. The van der Waals surface area contributed by atoms with Gasteiger partial charge in [-0.1, -0.05) is 40.5 Å². The maximum absolute atomic E-state index is 13.2. The van der Waals surface area contributed by atoms with Gasteiger partial charge >= 0.3 is 0 Å². The van der Waals surface area contributed by atoms with Gasteiger partial charge in [0.15, 0.2) is 5.82 Å². The van der Waals surface area contributed by atoms with E-state index in [9.17, 15) is 9.18 Å². The standard InChI is InChI=1S/C18H22FN5O.C4H6N2.C4H10/c1-5-24(14-8-6-13(19)7-9-14)18-16(23-12(4)17(20)25)15(11(2)3)21-10-22-18;1-6-4-2-3-5-6;1-3-4-2/h6-11H,5H2,1-4H3,(H2,20,25);2-4H,1H3;3-4H2,1-2H3. The number of benzene rings is 1. The highest BCUT2D eigenvalue weighted by Gasteiger charge is 2.20. The van der Waals surface area contributed by atoms with Crippen LogP contribution in [0.2, 0.25) is 0 Å². The highest BCUT2D eigenvalue weighted by atomic mass is 19.1. The molecule has 1 aromatic carbocycles. The van der Waals surface area contributed by atoms with Crippen LogP contribution in [0.5, 0.6) is 0 Å². The van der Waals surface area contributed by atoms with E-state index in [1.54, 1.807) is 29.9 Å². The molecule has 3 rings (SSSR count). The Hall–Kier alpha value is -3.62. The molecule has 0 atom stereocenters. The fraction of sp³-hybridized carbons (Fsp3) is 0.423. The molecule has 0 radical (unpaired) electrons. The Labute approximate surface area is 208 Å². The predicted octanol–water partition coefficient (Wildman–Crippen LogP) is 5.70. The molecule has 2 N–H and O–H groups in total. The SMILES string of the molecule is CCCC.CCN(c1ccc(F)cc1)c1ncnc(C(C)C)c1N=C(C)C(N)=O.Cn1cccn1. The Bertz CT molecular complexity index is 1050. The van der Waals surface area contributed by atoms with Crippen LogP contribution in [-0.2, 0) is 11.8 Å². The average molecular weight is 484 g/mol. The van der Waals surface area contributed by atoms with Gasteiger partial charge in [0.05, 0.1) is 5.69 Å². The molecule has 2 aromatic heterocycles. The zero-order valence-electron chi connectivity index (χ0n) is 21.9. The van der Waals surface area contributed by atoms with Crippen molar-refractivity contribution in [3.8, 4) is 0 Å². The number of aliphatic imine (C=N–C) groups is 1. The second-order valence-corrected chi connectivity index (χ2v) is 8.05. The van der Waals surface area contributed by atoms with Gasteiger partial charge in [-0.3, -0.25) is 9.48 Å². The summed E-state index contributed by atoms with van der Waals surface area (Å²) in [6, 6.07) is 8.01. The molecule has 0 aliphatic rings. The molecular weight excluding hydrogens is 445 g/mol. The maximum atomic E-state index is 13.2. The van der Waals surface area contributed by atoms with Crippen molar-refractivity contribution in [3.05, 3.63) is 60.6 Å². The van der Waals surface area contributed by atoms with Crippen LogP contribution in [0.4, 0.5) is 21.6 Å². The summed E-state index contributed by atoms with van der Waals surface area (Å²) < 4.78 is 15.0. The molecular formula is C26H38FN7O. The smallest absolute Gasteiger partial charge is 0.262 e. The summed E-state index contributed by atoms with van der Waals surface area (Å²) >= 11 is 0. The summed E-state index contributed by atoms with van der Waals surface area (Å²) in [5.74, 6) is -0.288. The third-order valence-corrected chi connectivity index (χ3v) is 4.86. The molecule has 35 heavy (non-hydrogen) atoms. The Morgan fingerprint density at radius 3 is 2.17 bits per heavy atom. The lowest BCUT2D eigenvalue weighted by molar-refractivity contribution is -0.112. The number of anilines is 2. The van der Waals surface area contributed by atoms with Gasteiger partial charge in [0.1, 0.15) is 23.5 Å². The van der Waals surface area contributed by atoms with E-state index in [1.165, 1.54) is 31.3 Å². The number of carbonyl (C=O) groups excluding carboxylic acids is 1. The number of halogens is 1. The minimum atomic E-state index is -0.602. The predicted molar refractivity (Wildman–Crippen MR) is 141 cm³/mol. The molecule has 190 valence electrons. The summed E-state index contributed by atoms with van der Waals surface area (Å²) in [5.41, 5.74) is 7.49. The number of nitrogens with zero attached hydrogens (tertiary/aromatic N) is 6. The summed E-state index contributed by atoms with van der Waals surface area (Å²) in [7, 11) is 1.89. The van der Waals surface area contributed by atoms with Crippen LogP contribution in [0.15, 0.2) is 54.0 Å². The van der Waals surface area contributed by atoms with Crippen LogP contribution in [0.25, 0.3) is 0 Å². The monoisotopic (exact) mass is 483 g/mol. The van der Waals surface area contributed by atoms with E-state index in [-0.39, 0.29) is 17.4 Å². The maximum Gasteiger partial charge on any atom is 0.262 e. The molecule has 2 heterocycles. The minimum Gasteiger partial charge on any atom is -0.365 e. The molecule has 0 saturated carbocycles. The average Bonchev–Trinajstić information content (AvgIpc) is 3.32. The Morgan fingerprint density at radius 1 is 1.14 bits per heavy atom. The number of aromatic nitrogens is 4. The lowest BCUT2D eigenvalue weighted by atomic mass is 10.1. The first kappa shape index (κ1) is 29.4. The topological polar surface area (TPSA) is 102 Å². The quantitative estimate of drug-likeness (QED) is 0.434. The molecule has 0 aliphatic carbocycles. The van der Waals surface area contributed by atoms with E-state index >= 15 is 0 Å². The van der Waals surface area contributed by atoms with Gasteiger partial charge < -0.3 is 10.6 Å². The van der Waals surface area contributed by atoms with Gasteiger partial charge in [-0.05, 0) is 50.1 Å². The molecule has 0 bridgehead atoms. The van der Waals surface area contributed by atoms with Gasteiger partial charge in [-0.25, -0.2) is 19.4 Å². The zero-order chi connectivity index (χ0) is 26.4. The lowest BCUT2D eigenvalue weighted by Crippen LogP contribution is -2.21. The number of primary amides is 1.